The maximum absolute atomic E-state index is 12.0. The van der Waals surface area contributed by atoms with Gasteiger partial charge in [-0.15, -0.1) is 0 Å². The molecular formula is C15H23N3O3. The van der Waals surface area contributed by atoms with Gasteiger partial charge >= 0.3 is 0 Å². The number of benzene rings is 1. The van der Waals surface area contributed by atoms with E-state index in [2.05, 4.69) is 10.2 Å². The first-order chi connectivity index (χ1) is 10.1. The number of likely N-dealkylation sites (tertiary alicyclic amines) is 1. The molecule has 6 heteroatoms. The number of nitrogens with one attached hydrogen (secondary N) is 1. The van der Waals surface area contributed by atoms with Crippen molar-refractivity contribution in [3.63, 3.8) is 0 Å². The van der Waals surface area contributed by atoms with Crippen molar-refractivity contribution >= 4 is 17.3 Å². The standard InChI is InChI=1S/C15H23N3O3/c1-21-12-2-3-14(13(16)8-12)17-15(20)5-7-18-6-4-11(9-18)10-19/h2-3,8,11,19H,4-7,9-10,16H2,1H3,(H,17,20). The van der Waals surface area contributed by atoms with E-state index in [0.717, 1.165) is 19.5 Å². The fraction of sp³-hybridized carbons (Fsp3) is 0.533. The van der Waals surface area contributed by atoms with Crippen molar-refractivity contribution in [3.05, 3.63) is 18.2 Å². The molecule has 1 heterocycles. The third-order valence-electron chi connectivity index (χ3n) is 3.82. The number of aliphatic hydroxyl groups is 1. The highest BCUT2D eigenvalue weighted by atomic mass is 16.5. The molecule has 1 aliphatic heterocycles. The highest BCUT2D eigenvalue weighted by molar-refractivity contribution is 5.94. The summed E-state index contributed by atoms with van der Waals surface area (Å²) in [6, 6.07) is 5.18. The van der Waals surface area contributed by atoms with Crippen LogP contribution in [0.5, 0.6) is 5.75 Å². The molecule has 6 nitrogen and oxygen atoms in total. The van der Waals surface area contributed by atoms with Crippen molar-refractivity contribution in [2.45, 2.75) is 12.8 Å². The number of aliphatic hydroxyl groups excluding tert-OH is 1. The van der Waals surface area contributed by atoms with E-state index < -0.39 is 0 Å². The number of carbonyl (C=O) groups is 1. The molecule has 0 aliphatic carbocycles. The predicted octanol–water partition coefficient (Wildman–Crippen LogP) is 0.920. The third-order valence-corrected chi connectivity index (χ3v) is 3.82. The molecule has 21 heavy (non-hydrogen) atoms. The lowest BCUT2D eigenvalue weighted by atomic mass is 10.1. The van der Waals surface area contributed by atoms with E-state index >= 15 is 0 Å². The highest BCUT2D eigenvalue weighted by Gasteiger charge is 2.21. The molecule has 0 aromatic heterocycles. The van der Waals surface area contributed by atoms with Crippen molar-refractivity contribution in [1.29, 1.82) is 0 Å². The predicted molar refractivity (Wildman–Crippen MR) is 82.3 cm³/mol. The maximum atomic E-state index is 12.0. The van der Waals surface area contributed by atoms with Crippen LogP contribution in [0.2, 0.25) is 0 Å². The van der Waals surface area contributed by atoms with Crippen LogP contribution in [0, 0.1) is 5.92 Å². The van der Waals surface area contributed by atoms with Gasteiger partial charge in [0.15, 0.2) is 0 Å². The number of anilines is 2. The average molecular weight is 293 g/mol. The maximum Gasteiger partial charge on any atom is 0.225 e. The normalized spacial score (nSPS) is 18.7. The number of nitrogens with two attached hydrogens (primary N) is 1. The Morgan fingerprint density at radius 2 is 2.38 bits per heavy atom. The van der Waals surface area contributed by atoms with Crippen LogP contribution >= 0.6 is 0 Å². The molecule has 0 saturated carbocycles. The molecule has 1 aromatic rings. The summed E-state index contributed by atoms with van der Waals surface area (Å²) in [4.78, 5) is 14.2. The Kier molecular flexibility index (Phi) is 5.41. The van der Waals surface area contributed by atoms with Gasteiger partial charge in [0.05, 0.1) is 18.5 Å². The van der Waals surface area contributed by atoms with Gasteiger partial charge in [0.2, 0.25) is 5.91 Å². The molecule has 2 rings (SSSR count). The number of rotatable bonds is 6. The van der Waals surface area contributed by atoms with Crippen molar-refractivity contribution in [1.82, 2.24) is 4.90 Å². The minimum atomic E-state index is -0.0562. The Morgan fingerprint density at radius 3 is 3.00 bits per heavy atom. The zero-order valence-electron chi connectivity index (χ0n) is 12.3. The Morgan fingerprint density at radius 1 is 1.57 bits per heavy atom. The molecule has 1 fully saturated rings. The molecule has 0 radical (unpaired) electrons. The average Bonchev–Trinajstić information content (AvgIpc) is 2.95. The molecule has 0 spiro atoms. The minimum absolute atomic E-state index is 0.0562. The molecule has 0 bridgehead atoms. The second-order valence-corrected chi connectivity index (χ2v) is 5.39. The Hall–Kier alpha value is -1.79. The molecule has 1 aromatic carbocycles. The highest BCUT2D eigenvalue weighted by Crippen LogP contribution is 2.24. The lowest BCUT2D eigenvalue weighted by molar-refractivity contribution is -0.116. The van der Waals surface area contributed by atoms with Crippen molar-refractivity contribution < 1.29 is 14.6 Å². The fourth-order valence-corrected chi connectivity index (χ4v) is 2.52. The van der Waals surface area contributed by atoms with Crippen LogP contribution in [0.15, 0.2) is 18.2 Å². The van der Waals surface area contributed by atoms with Gasteiger partial charge in [0.25, 0.3) is 0 Å². The molecule has 1 unspecified atom stereocenters. The zero-order valence-corrected chi connectivity index (χ0v) is 12.3. The number of methoxy groups -OCH3 is 1. The number of hydrogen-bond donors (Lipinski definition) is 3. The molecule has 4 N–H and O–H groups in total. The summed E-state index contributed by atoms with van der Waals surface area (Å²) >= 11 is 0. The molecular weight excluding hydrogens is 270 g/mol. The van der Waals surface area contributed by atoms with Gasteiger partial charge < -0.3 is 25.8 Å². The van der Waals surface area contributed by atoms with Crippen LogP contribution in [0.4, 0.5) is 11.4 Å². The van der Waals surface area contributed by atoms with Crippen LogP contribution < -0.4 is 15.8 Å². The minimum Gasteiger partial charge on any atom is -0.497 e. The number of nitrogen functional groups attached to an aromatic ring is 1. The Bertz CT molecular complexity index is 493. The first-order valence-electron chi connectivity index (χ1n) is 7.19. The van der Waals surface area contributed by atoms with E-state index in [-0.39, 0.29) is 12.5 Å². The van der Waals surface area contributed by atoms with Gasteiger partial charge in [0, 0.05) is 32.2 Å². The summed E-state index contributed by atoms with van der Waals surface area (Å²) in [5.74, 6) is 0.960. The van der Waals surface area contributed by atoms with Gasteiger partial charge in [0.1, 0.15) is 5.75 Å². The summed E-state index contributed by atoms with van der Waals surface area (Å²) in [5.41, 5.74) is 6.96. The summed E-state index contributed by atoms with van der Waals surface area (Å²) in [5, 5.41) is 11.9. The number of nitrogens with zero attached hydrogens (tertiary/aromatic N) is 1. The first-order valence-corrected chi connectivity index (χ1v) is 7.19. The molecule has 1 amide bonds. The number of carbonyl (C=O) groups excluding carboxylic acids is 1. The van der Waals surface area contributed by atoms with Crippen LogP contribution in [0.1, 0.15) is 12.8 Å². The van der Waals surface area contributed by atoms with Crippen molar-refractivity contribution in [2.24, 2.45) is 5.92 Å². The lowest BCUT2D eigenvalue weighted by Gasteiger charge is -2.15. The van der Waals surface area contributed by atoms with E-state index in [9.17, 15) is 4.79 Å². The van der Waals surface area contributed by atoms with Gasteiger partial charge in [-0.25, -0.2) is 0 Å². The number of ether oxygens (including phenoxy) is 1. The lowest BCUT2D eigenvalue weighted by Crippen LogP contribution is -2.26. The van der Waals surface area contributed by atoms with Gasteiger partial charge in [-0.2, -0.15) is 0 Å². The smallest absolute Gasteiger partial charge is 0.225 e. The summed E-state index contributed by atoms with van der Waals surface area (Å²) < 4.78 is 5.07. The van der Waals surface area contributed by atoms with Crippen LogP contribution in [-0.4, -0.2) is 49.3 Å². The second-order valence-electron chi connectivity index (χ2n) is 5.39. The quantitative estimate of drug-likeness (QED) is 0.679. The van der Waals surface area contributed by atoms with Crippen LogP contribution in [-0.2, 0) is 4.79 Å². The van der Waals surface area contributed by atoms with Crippen LogP contribution in [0.3, 0.4) is 0 Å². The van der Waals surface area contributed by atoms with Crippen molar-refractivity contribution in [2.75, 3.05) is 44.4 Å². The monoisotopic (exact) mass is 293 g/mol. The SMILES string of the molecule is COc1ccc(NC(=O)CCN2CCC(CO)C2)c(N)c1. The van der Waals surface area contributed by atoms with E-state index in [1.807, 2.05) is 0 Å². The summed E-state index contributed by atoms with van der Waals surface area (Å²) in [6.45, 7) is 2.75. The Labute approximate surface area is 124 Å². The molecule has 1 atom stereocenters. The van der Waals surface area contributed by atoms with E-state index in [1.54, 1.807) is 25.3 Å². The number of amides is 1. The topological polar surface area (TPSA) is 87.8 Å². The van der Waals surface area contributed by atoms with E-state index in [1.165, 1.54) is 0 Å². The second kappa shape index (κ2) is 7.28. The number of hydrogen-bond acceptors (Lipinski definition) is 5. The van der Waals surface area contributed by atoms with Gasteiger partial charge in [-0.05, 0) is 31.0 Å². The third kappa shape index (κ3) is 4.34. The van der Waals surface area contributed by atoms with E-state index in [4.69, 9.17) is 15.6 Å². The first kappa shape index (κ1) is 15.6. The summed E-state index contributed by atoms with van der Waals surface area (Å²) in [7, 11) is 1.57. The molecule has 1 aliphatic rings. The largest absolute Gasteiger partial charge is 0.497 e. The fourth-order valence-electron chi connectivity index (χ4n) is 2.52. The molecule has 1 saturated heterocycles. The molecule has 116 valence electrons. The zero-order chi connectivity index (χ0) is 15.2. The van der Waals surface area contributed by atoms with Gasteiger partial charge in [-0.3, -0.25) is 4.79 Å². The van der Waals surface area contributed by atoms with Crippen LogP contribution in [0.25, 0.3) is 0 Å². The van der Waals surface area contributed by atoms with Gasteiger partial charge in [-0.1, -0.05) is 0 Å². The summed E-state index contributed by atoms with van der Waals surface area (Å²) in [6.07, 6.45) is 1.42. The van der Waals surface area contributed by atoms with Crippen molar-refractivity contribution in [3.8, 4) is 5.75 Å². The Balaban J connectivity index is 1.79. The van der Waals surface area contributed by atoms with E-state index in [0.29, 0.717) is 36.0 Å².